The van der Waals surface area contributed by atoms with Gasteiger partial charge in [-0.05, 0) is 18.6 Å². The maximum Gasteiger partial charge on any atom is 0.275 e. The van der Waals surface area contributed by atoms with Gasteiger partial charge in [0.1, 0.15) is 19.1 Å². The van der Waals surface area contributed by atoms with E-state index in [1.54, 1.807) is 4.90 Å². The minimum absolute atomic E-state index is 0.146. The van der Waals surface area contributed by atoms with Gasteiger partial charge in [-0.2, -0.15) is 4.99 Å². The first-order chi connectivity index (χ1) is 11.9. The molecule has 0 aromatic carbocycles. The van der Waals surface area contributed by atoms with Gasteiger partial charge < -0.3 is 9.47 Å². The monoisotopic (exact) mass is 340 g/mol. The molecule has 1 aromatic heterocycles. The van der Waals surface area contributed by atoms with Crippen molar-refractivity contribution in [3.05, 3.63) is 42.5 Å². The zero-order valence-corrected chi connectivity index (χ0v) is 14.7. The highest BCUT2D eigenvalue weighted by molar-refractivity contribution is 5.97. The van der Waals surface area contributed by atoms with Gasteiger partial charge in [0.2, 0.25) is 5.91 Å². The molecule has 0 aliphatic carbocycles. The summed E-state index contributed by atoms with van der Waals surface area (Å²) in [5.41, 5.74) is 3.37. The van der Waals surface area contributed by atoms with Crippen molar-refractivity contribution in [1.82, 2.24) is 19.9 Å². The number of fused-ring (bicyclic) bond motifs is 1. The molecule has 1 unspecified atom stereocenters. The number of aliphatic imine (C=N–C) groups is 1. The summed E-state index contributed by atoms with van der Waals surface area (Å²) in [5, 5.41) is 0. The SMILES string of the molecule is CN1C=C[N+]2(C)NC(/C=C/c3nc(N4CCCC4=O)cn3C)=NC2=C1. The lowest BCUT2D eigenvalue weighted by atomic mass is 10.4. The molecule has 0 saturated carbocycles. The van der Waals surface area contributed by atoms with Crippen LogP contribution in [-0.2, 0) is 11.8 Å². The first kappa shape index (κ1) is 15.6. The van der Waals surface area contributed by atoms with Gasteiger partial charge in [0.05, 0.1) is 12.4 Å². The second kappa shape index (κ2) is 5.59. The van der Waals surface area contributed by atoms with Crippen molar-refractivity contribution in [2.45, 2.75) is 12.8 Å². The molecule has 1 N–H and O–H groups in total. The van der Waals surface area contributed by atoms with Crippen molar-refractivity contribution in [3.8, 4) is 0 Å². The summed E-state index contributed by atoms with van der Waals surface area (Å²) in [4.78, 5) is 24.8. The number of nitrogens with zero attached hydrogens (tertiary/aromatic N) is 6. The highest BCUT2D eigenvalue weighted by Gasteiger charge is 2.35. The van der Waals surface area contributed by atoms with E-state index in [0.29, 0.717) is 11.0 Å². The topological polar surface area (TPSA) is 65.8 Å². The number of nitrogens with one attached hydrogen (secondary N) is 1. The van der Waals surface area contributed by atoms with E-state index in [9.17, 15) is 4.79 Å². The minimum Gasteiger partial charge on any atom is -0.346 e. The smallest absolute Gasteiger partial charge is 0.275 e. The third-order valence-electron chi connectivity index (χ3n) is 4.62. The quantitative estimate of drug-likeness (QED) is 0.838. The van der Waals surface area contributed by atoms with Gasteiger partial charge in [-0.25, -0.2) is 10.4 Å². The lowest BCUT2D eigenvalue weighted by Gasteiger charge is -2.27. The molecule has 8 heteroatoms. The van der Waals surface area contributed by atoms with Crippen LogP contribution in [-0.4, -0.2) is 51.4 Å². The Kier molecular flexibility index (Phi) is 3.50. The molecule has 130 valence electrons. The maximum atomic E-state index is 11.9. The van der Waals surface area contributed by atoms with Crippen LogP contribution in [0.1, 0.15) is 18.7 Å². The normalized spacial score (nSPS) is 25.5. The van der Waals surface area contributed by atoms with Crippen LogP contribution in [0.4, 0.5) is 5.82 Å². The number of carbonyl (C=O) groups excluding carboxylic acids is 1. The molecular formula is C17H22N7O+. The number of aromatic nitrogens is 2. The third kappa shape index (κ3) is 2.74. The molecule has 3 aliphatic heterocycles. The summed E-state index contributed by atoms with van der Waals surface area (Å²) in [5.74, 6) is 3.35. The van der Waals surface area contributed by atoms with Gasteiger partial charge in [-0.15, -0.1) is 4.59 Å². The summed E-state index contributed by atoms with van der Waals surface area (Å²) in [6, 6.07) is 0. The van der Waals surface area contributed by atoms with E-state index in [4.69, 9.17) is 0 Å². The molecule has 1 aromatic rings. The summed E-state index contributed by atoms with van der Waals surface area (Å²) in [6.45, 7) is 0.747. The highest BCUT2D eigenvalue weighted by atomic mass is 16.2. The number of anilines is 1. The number of carbonyl (C=O) groups is 1. The zero-order valence-electron chi connectivity index (χ0n) is 14.7. The fourth-order valence-electron chi connectivity index (χ4n) is 3.14. The summed E-state index contributed by atoms with van der Waals surface area (Å²) in [6.07, 6.45) is 13.2. The number of quaternary nitrogens is 1. The number of amides is 1. The molecule has 4 rings (SSSR count). The molecule has 0 spiro atoms. The Morgan fingerprint density at radius 1 is 1.32 bits per heavy atom. The van der Waals surface area contributed by atoms with Gasteiger partial charge in [0.15, 0.2) is 11.7 Å². The lowest BCUT2D eigenvalue weighted by molar-refractivity contribution is -0.853. The van der Waals surface area contributed by atoms with Crippen LogP contribution in [0.2, 0.25) is 0 Å². The van der Waals surface area contributed by atoms with E-state index in [1.807, 2.05) is 67.6 Å². The number of imidazole rings is 1. The predicted octanol–water partition coefficient (Wildman–Crippen LogP) is 1.14. The third-order valence-corrected chi connectivity index (χ3v) is 4.62. The van der Waals surface area contributed by atoms with Gasteiger partial charge in [0, 0.05) is 33.3 Å². The van der Waals surface area contributed by atoms with Crippen LogP contribution >= 0.6 is 0 Å². The Morgan fingerprint density at radius 3 is 2.92 bits per heavy atom. The molecular weight excluding hydrogens is 318 g/mol. The molecule has 25 heavy (non-hydrogen) atoms. The van der Waals surface area contributed by atoms with Crippen molar-refractivity contribution < 1.29 is 9.39 Å². The summed E-state index contributed by atoms with van der Waals surface area (Å²) >= 11 is 0. The average molecular weight is 340 g/mol. The molecule has 4 heterocycles. The number of hydrogen-bond donors (Lipinski definition) is 1. The standard InChI is InChI=1S/C17H22N7O/c1-21-9-10-24(3)16(12-21)18-13(20-24)6-7-14-19-15(11-22(14)2)23-8-4-5-17(23)25/h6-7,9-12H,4-5,8H2,1-3H3,(H,18,20)/q+1/b7-6+. The van der Waals surface area contributed by atoms with E-state index in [2.05, 4.69) is 15.4 Å². The van der Waals surface area contributed by atoms with E-state index in [1.165, 1.54) is 0 Å². The van der Waals surface area contributed by atoms with E-state index < -0.39 is 0 Å². The first-order valence-electron chi connectivity index (χ1n) is 8.33. The van der Waals surface area contributed by atoms with Crippen LogP contribution in [0.5, 0.6) is 0 Å². The van der Waals surface area contributed by atoms with Crippen molar-refractivity contribution in [2.75, 3.05) is 25.5 Å². The van der Waals surface area contributed by atoms with Gasteiger partial charge in [-0.1, -0.05) is 0 Å². The Balaban J connectivity index is 1.54. The van der Waals surface area contributed by atoms with Crippen LogP contribution in [0, 0.1) is 0 Å². The largest absolute Gasteiger partial charge is 0.346 e. The average Bonchev–Trinajstić information content (AvgIpc) is 3.22. The van der Waals surface area contributed by atoms with Crippen molar-refractivity contribution in [3.63, 3.8) is 0 Å². The lowest BCUT2D eigenvalue weighted by Crippen LogP contribution is -2.48. The van der Waals surface area contributed by atoms with Gasteiger partial charge in [-0.3, -0.25) is 9.69 Å². The molecule has 1 amide bonds. The van der Waals surface area contributed by atoms with Crippen molar-refractivity contribution in [2.24, 2.45) is 12.0 Å². The van der Waals surface area contributed by atoms with Gasteiger partial charge in [0.25, 0.3) is 5.82 Å². The number of hydrogen-bond acceptors (Lipinski definition) is 5. The molecule has 1 fully saturated rings. The summed E-state index contributed by atoms with van der Waals surface area (Å²) in [7, 11) is 5.95. The molecule has 0 bridgehead atoms. The van der Waals surface area contributed by atoms with E-state index in [-0.39, 0.29) is 5.91 Å². The Morgan fingerprint density at radius 2 is 2.16 bits per heavy atom. The van der Waals surface area contributed by atoms with Crippen molar-refractivity contribution >= 4 is 23.6 Å². The van der Waals surface area contributed by atoms with Crippen LogP contribution in [0.3, 0.4) is 0 Å². The molecule has 3 aliphatic rings. The van der Waals surface area contributed by atoms with Crippen molar-refractivity contribution in [1.29, 1.82) is 0 Å². The Hall–Kier alpha value is -2.87. The van der Waals surface area contributed by atoms with Crippen LogP contribution in [0.15, 0.2) is 41.7 Å². The Bertz CT molecular complexity index is 847. The zero-order chi connectivity index (χ0) is 17.6. The number of aryl methyl sites for hydroxylation is 1. The summed E-state index contributed by atoms with van der Waals surface area (Å²) < 4.78 is 2.36. The second-order valence-corrected chi connectivity index (χ2v) is 6.69. The van der Waals surface area contributed by atoms with Crippen LogP contribution in [0.25, 0.3) is 6.08 Å². The minimum atomic E-state index is 0.146. The Labute approximate surface area is 146 Å². The highest BCUT2D eigenvalue weighted by Crippen LogP contribution is 2.24. The molecule has 1 saturated heterocycles. The predicted molar refractivity (Wildman–Crippen MR) is 95.6 cm³/mol. The number of amidine groups is 1. The van der Waals surface area contributed by atoms with E-state index in [0.717, 1.165) is 36.3 Å². The molecule has 8 nitrogen and oxygen atoms in total. The molecule has 0 radical (unpaired) electrons. The van der Waals surface area contributed by atoms with Crippen LogP contribution < -0.4 is 10.3 Å². The second-order valence-electron chi connectivity index (χ2n) is 6.69. The van der Waals surface area contributed by atoms with E-state index >= 15 is 0 Å². The number of rotatable bonds is 3. The fourth-order valence-corrected chi connectivity index (χ4v) is 3.14. The first-order valence-corrected chi connectivity index (χ1v) is 8.33. The van der Waals surface area contributed by atoms with Gasteiger partial charge >= 0.3 is 0 Å². The maximum absolute atomic E-state index is 11.9. The molecule has 1 atom stereocenters. The fraction of sp³-hybridized carbons (Fsp3) is 0.353.